The highest BCUT2D eigenvalue weighted by Crippen LogP contribution is 2.41. The Balaban J connectivity index is 2.57. The number of carbonyl (C=O) groups is 1. The van der Waals surface area contributed by atoms with Gasteiger partial charge in [0.05, 0.1) is 6.61 Å². The van der Waals surface area contributed by atoms with Gasteiger partial charge in [0.2, 0.25) is 0 Å². The number of aliphatic hydroxyl groups excluding tert-OH is 1. The van der Waals surface area contributed by atoms with Gasteiger partial charge in [-0.3, -0.25) is 4.79 Å². The van der Waals surface area contributed by atoms with E-state index in [0.29, 0.717) is 31.6 Å². The highest BCUT2D eigenvalue weighted by Gasteiger charge is 2.34. The van der Waals surface area contributed by atoms with Crippen molar-refractivity contribution in [2.24, 2.45) is 5.41 Å². The van der Waals surface area contributed by atoms with E-state index in [1.54, 1.807) is 0 Å². The van der Waals surface area contributed by atoms with Crippen molar-refractivity contribution in [1.29, 1.82) is 0 Å². The lowest BCUT2D eigenvalue weighted by Crippen LogP contribution is -2.11. The number of hydrogen-bond donors (Lipinski definition) is 1. The van der Waals surface area contributed by atoms with Gasteiger partial charge < -0.3 is 9.84 Å². The van der Waals surface area contributed by atoms with Crippen LogP contribution in [0.4, 0.5) is 0 Å². The molecule has 0 saturated carbocycles. The Kier molecular flexibility index (Phi) is 3.91. The third-order valence-electron chi connectivity index (χ3n) is 2.94. The lowest BCUT2D eigenvalue weighted by molar-refractivity contribution is -0.116. The summed E-state index contributed by atoms with van der Waals surface area (Å²) in [5.74, 6) is 0.315. The average Bonchev–Trinajstić information content (AvgIpc) is 2.43. The molecule has 0 radical (unpaired) electrons. The van der Waals surface area contributed by atoms with Crippen LogP contribution in [0.25, 0.3) is 0 Å². The summed E-state index contributed by atoms with van der Waals surface area (Å²) >= 11 is 0. The minimum atomic E-state index is -0.226. The van der Waals surface area contributed by atoms with E-state index >= 15 is 0 Å². The zero-order chi connectivity index (χ0) is 11.5. The predicted molar refractivity (Wildman–Crippen MR) is 58.8 cm³/mol. The maximum atomic E-state index is 11.7. The van der Waals surface area contributed by atoms with Gasteiger partial charge in [-0.2, -0.15) is 0 Å². The molecule has 86 valence electrons. The molecule has 1 N–H and O–H groups in total. The van der Waals surface area contributed by atoms with Crippen molar-refractivity contribution >= 4 is 5.78 Å². The molecule has 0 fully saturated rings. The first-order valence-corrected chi connectivity index (χ1v) is 5.52. The summed E-state index contributed by atoms with van der Waals surface area (Å²) in [6.07, 6.45) is 1.93. The first-order chi connectivity index (χ1) is 6.99. The lowest BCUT2D eigenvalue weighted by atomic mass is 9.91. The predicted octanol–water partition coefficient (Wildman–Crippen LogP) is 2.61. The van der Waals surface area contributed by atoms with Crippen LogP contribution in [0, 0.1) is 5.41 Å². The number of hydrogen-bond acceptors (Lipinski definition) is 3. The van der Waals surface area contributed by atoms with Crippen molar-refractivity contribution in [3.05, 3.63) is 11.3 Å². The minimum absolute atomic E-state index is 0.0338. The number of Topliss-reactive ketones (excluding diaryl/α,β-unsaturated/α-hetero) is 1. The maximum absolute atomic E-state index is 11.7. The number of ether oxygens (including phenoxy) is 1. The molecular weight excluding hydrogens is 192 g/mol. The molecule has 0 atom stereocenters. The fourth-order valence-corrected chi connectivity index (χ4v) is 1.81. The number of rotatable bonds is 5. The molecule has 0 saturated heterocycles. The average molecular weight is 212 g/mol. The summed E-state index contributed by atoms with van der Waals surface area (Å²) in [5.41, 5.74) is 0.385. The van der Waals surface area contributed by atoms with Crippen molar-refractivity contribution in [3.63, 3.8) is 0 Å². The normalized spacial score (nSPS) is 19.7. The maximum Gasteiger partial charge on any atom is 0.164 e. The van der Waals surface area contributed by atoms with E-state index in [1.165, 1.54) is 0 Å². The Labute approximate surface area is 91.1 Å². The first-order valence-electron chi connectivity index (χ1n) is 5.52. The van der Waals surface area contributed by atoms with Crippen molar-refractivity contribution in [1.82, 2.24) is 0 Å². The van der Waals surface area contributed by atoms with Crippen LogP contribution >= 0.6 is 0 Å². The van der Waals surface area contributed by atoms with Crippen LogP contribution in [-0.4, -0.2) is 24.1 Å². The smallest absolute Gasteiger partial charge is 0.164 e. The summed E-state index contributed by atoms with van der Waals surface area (Å²) in [7, 11) is 0. The fourth-order valence-electron chi connectivity index (χ4n) is 1.81. The van der Waals surface area contributed by atoms with E-state index in [-0.39, 0.29) is 17.0 Å². The Morgan fingerprint density at radius 3 is 2.67 bits per heavy atom. The standard InChI is InChI=1S/C12H20O3/c1-4-15-8-6-10(13)9-5-7-12(2,3)11(9)14/h14H,4-8H2,1-3H3. The largest absolute Gasteiger partial charge is 0.511 e. The summed E-state index contributed by atoms with van der Waals surface area (Å²) in [5, 5.41) is 9.86. The number of aliphatic hydroxyl groups is 1. The molecule has 1 aliphatic carbocycles. The van der Waals surface area contributed by atoms with Crippen molar-refractivity contribution in [2.45, 2.75) is 40.0 Å². The topological polar surface area (TPSA) is 46.5 Å². The van der Waals surface area contributed by atoms with Gasteiger partial charge in [0.25, 0.3) is 0 Å². The third-order valence-corrected chi connectivity index (χ3v) is 2.94. The fraction of sp³-hybridized carbons (Fsp3) is 0.750. The summed E-state index contributed by atoms with van der Waals surface area (Å²) < 4.78 is 5.13. The molecule has 0 spiro atoms. The van der Waals surface area contributed by atoms with Crippen LogP contribution in [0.3, 0.4) is 0 Å². The minimum Gasteiger partial charge on any atom is -0.511 e. The Bertz CT molecular complexity index is 277. The molecule has 15 heavy (non-hydrogen) atoms. The van der Waals surface area contributed by atoms with E-state index in [1.807, 2.05) is 20.8 Å². The Morgan fingerprint density at radius 2 is 2.20 bits per heavy atom. The second-order valence-corrected chi connectivity index (χ2v) is 4.58. The van der Waals surface area contributed by atoms with E-state index in [4.69, 9.17) is 4.74 Å². The monoisotopic (exact) mass is 212 g/mol. The summed E-state index contributed by atoms with van der Waals surface area (Å²) in [6, 6.07) is 0. The van der Waals surface area contributed by atoms with Gasteiger partial charge in [-0.15, -0.1) is 0 Å². The van der Waals surface area contributed by atoms with Crippen LogP contribution in [0.1, 0.15) is 40.0 Å². The van der Waals surface area contributed by atoms with Gasteiger partial charge >= 0.3 is 0 Å². The van der Waals surface area contributed by atoms with E-state index in [9.17, 15) is 9.90 Å². The van der Waals surface area contributed by atoms with Crippen molar-refractivity contribution < 1.29 is 14.6 Å². The molecule has 3 nitrogen and oxygen atoms in total. The van der Waals surface area contributed by atoms with Crippen LogP contribution in [-0.2, 0) is 9.53 Å². The second kappa shape index (κ2) is 4.79. The molecule has 0 aromatic carbocycles. The molecule has 0 aromatic heterocycles. The molecule has 0 aliphatic heterocycles. The molecule has 3 heteroatoms. The van der Waals surface area contributed by atoms with Gasteiger partial charge in [-0.05, 0) is 19.8 Å². The summed E-state index contributed by atoms with van der Waals surface area (Å²) in [6.45, 7) is 6.91. The molecule has 1 rings (SSSR count). The summed E-state index contributed by atoms with van der Waals surface area (Å²) in [4.78, 5) is 11.7. The van der Waals surface area contributed by atoms with Crippen LogP contribution in [0.5, 0.6) is 0 Å². The Hall–Kier alpha value is -0.830. The SMILES string of the molecule is CCOCCC(=O)C1=C(O)C(C)(C)CC1. The second-order valence-electron chi connectivity index (χ2n) is 4.58. The van der Waals surface area contributed by atoms with Gasteiger partial charge in [0, 0.05) is 24.0 Å². The molecular formula is C12H20O3. The molecule has 0 bridgehead atoms. The zero-order valence-electron chi connectivity index (χ0n) is 9.80. The van der Waals surface area contributed by atoms with Gasteiger partial charge in [-0.1, -0.05) is 13.8 Å². The highest BCUT2D eigenvalue weighted by molar-refractivity contribution is 5.96. The third kappa shape index (κ3) is 2.81. The first kappa shape index (κ1) is 12.2. The quantitative estimate of drug-likeness (QED) is 0.712. The van der Waals surface area contributed by atoms with E-state index in [0.717, 1.165) is 6.42 Å². The van der Waals surface area contributed by atoms with Crippen molar-refractivity contribution in [2.75, 3.05) is 13.2 Å². The molecule has 1 aliphatic rings. The van der Waals surface area contributed by atoms with Crippen LogP contribution in [0.15, 0.2) is 11.3 Å². The zero-order valence-corrected chi connectivity index (χ0v) is 9.80. The molecule has 0 amide bonds. The Morgan fingerprint density at radius 1 is 1.53 bits per heavy atom. The lowest BCUT2D eigenvalue weighted by Gasteiger charge is -2.16. The highest BCUT2D eigenvalue weighted by atomic mass is 16.5. The van der Waals surface area contributed by atoms with Gasteiger partial charge in [-0.25, -0.2) is 0 Å². The van der Waals surface area contributed by atoms with Gasteiger partial charge in [0.1, 0.15) is 5.76 Å². The van der Waals surface area contributed by atoms with Gasteiger partial charge in [0.15, 0.2) is 5.78 Å². The van der Waals surface area contributed by atoms with E-state index < -0.39 is 0 Å². The van der Waals surface area contributed by atoms with Crippen LogP contribution in [0.2, 0.25) is 0 Å². The molecule has 0 unspecified atom stereocenters. The molecule has 0 heterocycles. The number of allylic oxidation sites excluding steroid dienone is 2. The van der Waals surface area contributed by atoms with E-state index in [2.05, 4.69) is 0 Å². The van der Waals surface area contributed by atoms with Crippen LogP contribution < -0.4 is 0 Å². The van der Waals surface area contributed by atoms with Crippen molar-refractivity contribution in [3.8, 4) is 0 Å². The number of ketones is 1. The number of carbonyl (C=O) groups excluding carboxylic acids is 1. The molecule has 0 aromatic rings.